The van der Waals surface area contributed by atoms with Gasteiger partial charge in [-0.25, -0.2) is 0 Å². The molecule has 0 aromatic carbocycles. The van der Waals surface area contributed by atoms with Crippen molar-refractivity contribution < 1.29 is 9.59 Å². The monoisotopic (exact) mass is 279 g/mol. The maximum absolute atomic E-state index is 12.9. The number of piperazine rings is 1. The zero-order chi connectivity index (χ0) is 14.5. The Morgan fingerprint density at radius 1 is 1.30 bits per heavy atom. The Balaban J connectivity index is 1.78. The Morgan fingerprint density at radius 2 is 2.05 bits per heavy atom. The van der Waals surface area contributed by atoms with Crippen LogP contribution in [-0.4, -0.2) is 59.9 Å². The summed E-state index contributed by atoms with van der Waals surface area (Å²) in [6.07, 6.45) is 3.63. The Bertz CT molecular complexity index is 435. The van der Waals surface area contributed by atoms with Crippen LogP contribution in [-0.2, 0) is 9.59 Å². The van der Waals surface area contributed by atoms with Gasteiger partial charge in [0.05, 0.1) is 6.04 Å². The largest absolute Gasteiger partial charge is 0.342 e. The van der Waals surface area contributed by atoms with Crippen LogP contribution in [0.3, 0.4) is 0 Å². The van der Waals surface area contributed by atoms with E-state index < -0.39 is 5.54 Å². The third-order valence-corrected chi connectivity index (χ3v) is 5.48. The highest BCUT2D eigenvalue weighted by Gasteiger charge is 2.49. The lowest BCUT2D eigenvalue weighted by Crippen LogP contribution is -2.66. The summed E-state index contributed by atoms with van der Waals surface area (Å²) in [7, 11) is 1.81. The van der Waals surface area contributed by atoms with E-state index in [2.05, 4.69) is 5.32 Å². The van der Waals surface area contributed by atoms with E-state index in [0.717, 1.165) is 13.0 Å². The van der Waals surface area contributed by atoms with Crippen LogP contribution in [0.5, 0.6) is 0 Å². The van der Waals surface area contributed by atoms with Gasteiger partial charge in [0.25, 0.3) is 0 Å². The van der Waals surface area contributed by atoms with Gasteiger partial charge in [-0.15, -0.1) is 0 Å². The van der Waals surface area contributed by atoms with Gasteiger partial charge in [0.15, 0.2) is 0 Å². The lowest BCUT2D eigenvalue weighted by Gasteiger charge is -2.46. The first-order valence-corrected chi connectivity index (χ1v) is 7.73. The standard InChI is InChI=1S/C15H25N3O2/c1-15(2)14(20)17(3)7-8-18(15)13(19)12-11-6-4-5-10(11)9-16-12/h10-12,16H,4-9H2,1-3H3. The second-order valence-corrected chi connectivity index (χ2v) is 7.02. The molecule has 3 atom stereocenters. The van der Waals surface area contributed by atoms with Crippen molar-refractivity contribution in [2.75, 3.05) is 26.7 Å². The van der Waals surface area contributed by atoms with Crippen LogP contribution in [0.4, 0.5) is 0 Å². The Hall–Kier alpha value is -1.10. The molecule has 5 nitrogen and oxygen atoms in total. The maximum Gasteiger partial charge on any atom is 0.247 e. The predicted molar refractivity (Wildman–Crippen MR) is 76.1 cm³/mol. The SMILES string of the molecule is CN1CCN(C(=O)C2NCC3CCCC32)C(C)(C)C1=O. The van der Waals surface area contributed by atoms with Gasteiger partial charge < -0.3 is 15.1 Å². The van der Waals surface area contributed by atoms with Gasteiger partial charge in [-0.3, -0.25) is 9.59 Å². The smallest absolute Gasteiger partial charge is 0.247 e. The highest BCUT2D eigenvalue weighted by Crippen LogP contribution is 2.39. The number of amides is 2. The van der Waals surface area contributed by atoms with Crippen molar-refractivity contribution in [2.45, 2.75) is 44.7 Å². The minimum atomic E-state index is -0.720. The van der Waals surface area contributed by atoms with Gasteiger partial charge in [0.2, 0.25) is 11.8 Å². The molecule has 20 heavy (non-hydrogen) atoms. The molecule has 0 spiro atoms. The van der Waals surface area contributed by atoms with Crippen molar-refractivity contribution in [3.63, 3.8) is 0 Å². The van der Waals surface area contributed by atoms with Gasteiger partial charge in [-0.1, -0.05) is 6.42 Å². The lowest BCUT2D eigenvalue weighted by atomic mass is 9.90. The molecule has 0 radical (unpaired) electrons. The fourth-order valence-corrected chi connectivity index (χ4v) is 4.23. The minimum Gasteiger partial charge on any atom is -0.342 e. The second-order valence-electron chi connectivity index (χ2n) is 7.02. The molecular weight excluding hydrogens is 254 g/mol. The molecule has 1 saturated carbocycles. The Morgan fingerprint density at radius 3 is 2.80 bits per heavy atom. The summed E-state index contributed by atoms with van der Waals surface area (Å²) < 4.78 is 0. The van der Waals surface area contributed by atoms with Crippen LogP contribution in [0.15, 0.2) is 0 Å². The van der Waals surface area contributed by atoms with Gasteiger partial charge in [-0.05, 0) is 45.1 Å². The van der Waals surface area contributed by atoms with Crippen molar-refractivity contribution >= 4 is 11.8 Å². The van der Waals surface area contributed by atoms with Gasteiger partial charge in [0.1, 0.15) is 5.54 Å². The number of carbonyl (C=O) groups is 2. The van der Waals surface area contributed by atoms with Crippen molar-refractivity contribution in [1.29, 1.82) is 0 Å². The second kappa shape index (κ2) is 4.72. The third-order valence-electron chi connectivity index (χ3n) is 5.48. The summed E-state index contributed by atoms with van der Waals surface area (Å²) in [4.78, 5) is 28.7. The number of nitrogens with zero attached hydrogens (tertiary/aromatic N) is 2. The van der Waals surface area contributed by atoms with E-state index >= 15 is 0 Å². The van der Waals surface area contributed by atoms with Gasteiger partial charge >= 0.3 is 0 Å². The number of likely N-dealkylation sites (N-methyl/N-ethyl adjacent to an activating group) is 1. The van der Waals surface area contributed by atoms with Crippen molar-refractivity contribution in [3.8, 4) is 0 Å². The molecule has 0 bridgehead atoms. The maximum atomic E-state index is 12.9. The van der Waals surface area contributed by atoms with Crippen LogP contribution in [0.25, 0.3) is 0 Å². The zero-order valence-electron chi connectivity index (χ0n) is 12.7. The molecule has 2 amide bonds. The topological polar surface area (TPSA) is 52.6 Å². The van der Waals surface area contributed by atoms with Crippen molar-refractivity contribution in [1.82, 2.24) is 15.1 Å². The first-order valence-electron chi connectivity index (χ1n) is 7.73. The summed E-state index contributed by atoms with van der Waals surface area (Å²) >= 11 is 0. The number of hydrogen-bond acceptors (Lipinski definition) is 3. The summed E-state index contributed by atoms with van der Waals surface area (Å²) in [6, 6.07) is -0.0713. The summed E-state index contributed by atoms with van der Waals surface area (Å²) in [5, 5.41) is 3.40. The van der Waals surface area contributed by atoms with E-state index in [1.807, 2.05) is 20.9 Å². The molecule has 1 aliphatic carbocycles. The Labute approximate surface area is 120 Å². The number of nitrogens with one attached hydrogen (secondary N) is 1. The molecule has 3 aliphatic rings. The average molecular weight is 279 g/mol. The highest BCUT2D eigenvalue weighted by atomic mass is 16.2. The molecule has 3 rings (SSSR count). The fraction of sp³-hybridized carbons (Fsp3) is 0.867. The molecular formula is C15H25N3O2. The highest BCUT2D eigenvalue weighted by molar-refractivity contribution is 5.93. The zero-order valence-corrected chi connectivity index (χ0v) is 12.7. The minimum absolute atomic E-state index is 0.0399. The first kappa shape index (κ1) is 13.9. The van der Waals surface area contributed by atoms with E-state index in [0.29, 0.717) is 24.9 Å². The molecule has 112 valence electrons. The van der Waals surface area contributed by atoms with E-state index in [-0.39, 0.29) is 17.9 Å². The van der Waals surface area contributed by atoms with Crippen LogP contribution in [0, 0.1) is 11.8 Å². The number of fused-ring (bicyclic) bond motifs is 1. The van der Waals surface area contributed by atoms with Gasteiger partial charge in [-0.2, -0.15) is 0 Å². The fourth-order valence-electron chi connectivity index (χ4n) is 4.23. The molecule has 3 unspecified atom stereocenters. The van der Waals surface area contributed by atoms with Crippen LogP contribution < -0.4 is 5.32 Å². The van der Waals surface area contributed by atoms with E-state index in [4.69, 9.17) is 0 Å². The lowest BCUT2D eigenvalue weighted by molar-refractivity contribution is -0.158. The van der Waals surface area contributed by atoms with Crippen LogP contribution in [0.1, 0.15) is 33.1 Å². The van der Waals surface area contributed by atoms with Crippen molar-refractivity contribution in [3.05, 3.63) is 0 Å². The quantitative estimate of drug-likeness (QED) is 0.758. The normalized spacial score (nSPS) is 36.4. The first-order chi connectivity index (χ1) is 9.43. The number of rotatable bonds is 1. The van der Waals surface area contributed by atoms with E-state index in [1.54, 1.807) is 9.80 Å². The third kappa shape index (κ3) is 1.94. The molecule has 0 aromatic rings. The molecule has 3 fully saturated rings. The molecule has 2 saturated heterocycles. The van der Waals surface area contributed by atoms with Crippen molar-refractivity contribution in [2.24, 2.45) is 11.8 Å². The Kier molecular flexibility index (Phi) is 3.27. The van der Waals surface area contributed by atoms with Crippen LogP contribution in [0.2, 0.25) is 0 Å². The average Bonchev–Trinajstić information content (AvgIpc) is 2.97. The molecule has 2 aliphatic heterocycles. The molecule has 5 heteroatoms. The summed E-state index contributed by atoms with van der Waals surface area (Å²) in [5.74, 6) is 1.31. The number of carbonyl (C=O) groups excluding carboxylic acids is 2. The predicted octanol–water partition coefficient (Wildman–Crippen LogP) is 0.454. The van der Waals surface area contributed by atoms with E-state index in [9.17, 15) is 9.59 Å². The van der Waals surface area contributed by atoms with Gasteiger partial charge in [0, 0.05) is 20.1 Å². The molecule has 2 heterocycles. The number of hydrogen-bond donors (Lipinski definition) is 1. The molecule has 0 aromatic heterocycles. The summed E-state index contributed by atoms with van der Waals surface area (Å²) in [5.41, 5.74) is -0.720. The van der Waals surface area contributed by atoms with E-state index in [1.165, 1.54) is 12.8 Å². The molecule has 1 N–H and O–H groups in total. The van der Waals surface area contributed by atoms with Crippen LogP contribution >= 0.6 is 0 Å². The summed E-state index contributed by atoms with van der Waals surface area (Å²) in [6.45, 7) is 5.97.